The summed E-state index contributed by atoms with van der Waals surface area (Å²) in [5.74, 6) is 1.92. The number of piperidine rings is 1. The van der Waals surface area contributed by atoms with Crippen LogP contribution in [0.2, 0.25) is 0 Å². The summed E-state index contributed by atoms with van der Waals surface area (Å²) in [6.45, 7) is 4.25. The molecular weight excluding hydrogens is 350 g/mol. The zero-order valence-electron chi connectivity index (χ0n) is 16.6. The molecule has 3 aliphatic rings. The summed E-state index contributed by atoms with van der Waals surface area (Å²) >= 11 is 0. The zero-order chi connectivity index (χ0) is 19.1. The second-order valence-corrected chi connectivity index (χ2v) is 8.72. The van der Waals surface area contributed by atoms with Crippen molar-refractivity contribution in [3.63, 3.8) is 0 Å². The summed E-state index contributed by atoms with van der Waals surface area (Å²) in [5, 5.41) is 11.5. The quantitative estimate of drug-likeness (QED) is 0.847. The van der Waals surface area contributed by atoms with Crippen molar-refractivity contribution in [3.05, 3.63) is 59.2 Å². The standard InChI is InChI=1S/C24H29NO3/c1-17-5-7-18(8-6-17)15-25-13-12-24(26)11-3-2-4-20(24)23(25)19-9-10-21-22(14-19)28-16-27-21/h5-10,14,20,23,26H,2-4,11-13,15-16H2,1H3/t20-,23-,24-/m1/s1. The Morgan fingerprint density at radius 2 is 1.86 bits per heavy atom. The third-order valence-corrected chi connectivity index (χ3v) is 6.92. The number of nitrogens with zero attached hydrogens (tertiary/aromatic N) is 1. The van der Waals surface area contributed by atoms with E-state index in [-0.39, 0.29) is 12.0 Å². The fraction of sp³-hybridized carbons (Fsp3) is 0.500. The highest BCUT2D eigenvalue weighted by Crippen LogP contribution is 2.50. The van der Waals surface area contributed by atoms with E-state index in [1.54, 1.807) is 0 Å². The molecule has 0 unspecified atom stereocenters. The summed E-state index contributed by atoms with van der Waals surface area (Å²) in [6, 6.07) is 15.4. The molecule has 1 N–H and O–H groups in total. The monoisotopic (exact) mass is 379 g/mol. The molecule has 0 bridgehead atoms. The Morgan fingerprint density at radius 3 is 2.71 bits per heavy atom. The maximum absolute atomic E-state index is 11.5. The highest BCUT2D eigenvalue weighted by molar-refractivity contribution is 5.45. The first kappa shape index (κ1) is 18.0. The van der Waals surface area contributed by atoms with Gasteiger partial charge < -0.3 is 14.6 Å². The maximum Gasteiger partial charge on any atom is 0.231 e. The van der Waals surface area contributed by atoms with E-state index < -0.39 is 5.60 Å². The third kappa shape index (κ3) is 3.19. The van der Waals surface area contributed by atoms with Gasteiger partial charge in [0.1, 0.15) is 0 Å². The van der Waals surface area contributed by atoms with E-state index in [4.69, 9.17) is 9.47 Å². The van der Waals surface area contributed by atoms with Crippen molar-refractivity contribution in [3.8, 4) is 11.5 Å². The number of aliphatic hydroxyl groups is 1. The molecule has 3 atom stereocenters. The number of likely N-dealkylation sites (tertiary alicyclic amines) is 1. The smallest absolute Gasteiger partial charge is 0.231 e. The van der Waals surface area contributed by atoms with Crippen LogP contribution in [0.15, 0.2) is 42.5 Å². The summed E-state index contributed by atoms with van der Waals surface area (Å²) in [6.07, 6.45) is 5.22. The molecule has 4 heteroatoms. The molecule has 2 aromatic rings. The molecule has 4 nitrogen and oxygen atoms in total. The lowest BCUT2D eigenvalue weighted by Crippen LogP contribution is -2.54. The molecule has 0 amide bonds. The van der Waals surface area contributed by atoms with Gasteiger partial charge in [0.25, 0.3) is 0 Å². The van der Waals surface area contributed by atoms with E-state index in [1.807, 2.05) is 6.07 Å². The number of fused-ring (bicyclic) bond motifs is 2. The van der Waals surface area contributed by atoms with Gasteiger partial charge in [-0.3, -0.25) is 4.90 Å². The molecule has 5 rings (SSSR count). The van der Waals surface area contributed by atoms with Gasteiger partial charge in [-0.15, -0.1) is 0 Å². The SMILES string of the molecule is Cc1ccc(CN2CC[C@]3(O)CCCC[C@@H]3[C@H]2c2ccc3c(c2)OCO3)cc1. The predicted octanol–water partition coefficient (Wildman–Crippen LogP) is 4.59. The molecule has 2 heterocycles. The summed E-state index contributed by atoms with van der Waals surface area (Å²) in [4.78, 5) is 2.56. The Labute approximate surface area is 167 Å². The Morgan fingerprint density at radius 1 is 1.04 bits per heavy atom. The van der Waals surface area contributed by atoms with Gasteiger partial charge >= 0.3 is 0 Å². The van der Waals surface area contributed by atoms with Crippen molar-refractivity contribution < 1.29 is 14.6 Å². The van der Waals surface area contributed by atoms with Crippen LogP contribution in [-0.4, -0.2) is 28.9 Å². The van der Waals surface area contributed by atoms with Crippen molar-refractivity contribution in [1.82, 2.24) is 4.90 Å². The molecule has 0 radical (unpaired) electrons. The van der Waals surface area contributed by atoms with Gasteiger partial charge in [0.2, 0.25) is 6.79 Å². The van der Waals surface area contributed by atoms with Crippen LogP contribution in [0.3, 0.4) is 0 Å². The highest BCUT2D eigenvalue weighted by Gasteiger charge is 2.49. The molecule has 148 valence electrons. The zero-order valence-corrected chi connectivity index (χ0v) is 16.6. The highest BCUT2D eigenvalue weighted by atomic mass is 16.7. The first-order valence-corrected chi connectivity index (χ1v) is 10.5. The van der Waals surface area contributed by atoms with E-state index in [0.29, 0.717) is 6.79 Å². The minimum Gasteiger partial charge on any atom is -0.454 e. The Kier molecular flexibility index (Phi) is 4.56. The average molecular weight is 380 g/mol. The molecule has 28 heavy (non-hydrogen) atoms. The van der Waals surface area contributed by atoms with Gasteiger partial charge in [0.15, 0.2) is 11.5 Å². The lowest BCUT2D eigenvalue weighted by Gasteiger charge is -2.52. The van der Waals surface area contributed by atoms with Gasteiger partial charge in [-0.2, -0.15) is 0 Å². The van der Waals surface area contributed by atoms with Gasteiger partial charge in [0, 0.05) is 25.0 Å². The van der Waals surface area contributed by atoms with Crippen molar-refractivity contribution in [2.45, 2.75) is 57.2 Å². The van der Waals surface area contributed by atoms with Crippen LogP contribution in [0.25, 0.3) is 0 Å². The van der Waals surface area contributed by atoms with Gasteiger partial charge in [0.05, 0.1) is 5.60 Å². The summed E-state index contributed by atoms with van der Waals surface area (Å²) < 4.78 is 11.2. The molecule has 1 aliphatic carbocycles. The predicted molar refractivity (Wildman–Crippen MR) is 108 cm³/mol. The Balaban J connectivity index is 1.50. The largest absolute Gasteiger partial charge is 0.454 e. The molecule has 2 fully saturated rings. The maximum atomic E-state index is 11.5. The second-order valence-electron chi connectivity index (χ2n) is 8.72. The second kappa shape index (κ2) is 7.09. The van der Waals surface area contributed by atoms with Crippen LogP contribution in [0.4, 0.5) is 0 Å². The molecular formula is C24H29NO3. The molecule has 2 aromatic carbocycles. The lowest BCUT2D eigenvalue weighted by molar-refractivity contribution is -0.126. The minimum absolute atomic E-state index is 0.204. The minimum atomic E-state index is -0.539. The molecule has 0 spiro atoms. The topological polar surface area (TPSA) is 41.9 Å². The van der Waals surface area contributed by atoms with Gasteiger partial charge in [-0.1, -0.05) is 48.7 Å². The van der Waals surface area contributed by atoms with E-state index in [1.165, 1.54) is 23.1 Å². The number of ether oxygens (including phenoxy) is 2. The summed E-state index contributed by atoms with van der Waals surface area (Å²) in [5.41, 5.74) is 3.32. The van der Waals surface area contributed by atoms with Crippen LogP contribution in [0, 0.1) is 12.8 Å². The van der Waals surface area contributed by atoms with E-state index in [9.17, 15) is 5.11 Å². The fourth-order valence-electron chi connectivity index (χ4n) is 5.39. The summed E-state index contributed by atoms with van der Waals surface area (Å²) in [7, 11) is 0. The van der Waals surface area contributed by atoms with Crippen LogP contribution in [-0.2, 0) is 6.54 Å². The van der Waals surface area contributed by atoms with E-state index in [0.717, 1.165) is 50.3 Å². The number of aryl methyl sites for hydroxylation is 1. The number of hydrogen-bond donors (Lipinski definition) is 1. The molecule has 1 saturated heterocycles. The van der Waals surface area contributed by atoms with Crippen LogP contribution < -0.4 is 9.47 Å². The average Bonchev–Trinajstić information content (AvgIpc) is 3.17. The van der Waals surface area contributed by atoms with E-state index >= 15 is 0 Å². The van der Waals surface area contributed by atoms with Crippen molar-refractivity contribution in [1.29, 1.82) is 0 Å². The fourth-order valence-corrected chi connectivity index (χ4v) is 5.39. The Bertz CT molecular complexity index is 849. The molecule has 1 saturated carbocycles. The van der Waals surface area contributed by atoms with Crippen molar-refractivity contribution in [2.75, 3.05) is 13.3 Å². The number of benzene rings is 2. The van der Waals surface area contributed by atoms with Gasteiger partial charge in [-0.05, 0) is 49.4 Å². The normalized spacial score (nSPS) is 29.5. The Hall–Kier alpha value is -2.04. The van der Waals surface area contributed by atoms with Crippen LogP contribution in [0.1, 0.15) is 54.8 Å². The van der Waals surface area contributed by atoms with Crippen molar-refractivity contribution >= 4 is 0 Å². The first-order chi connectivity index (χ1) is 13.6. The first-order valence-electron chi connectivity index (χ1n) is 10.5. The number of hydrogen-bond acceptors (Lipinski definition) is 4. The lowest BCUT2D eigenvalue weighted by atomic mass is 9.66. The van der Waals surface area contributed by atoms with Crippen molar-refractivity contribution in [2.24, 2.45) is 5.92 Å². The van der Waals surface area contributed by atoms with Gasteiger partial charge in [-0.25, -0.2) is 0 Å². The molecule has 2 aliphatic heterocycles. The third-order valence-electron chi connectivity index (χ3n) is 6.92. The van der Waals surface area contributed by atoms with Crippen LogP contribution >= 0.6 is 0 Å². The van der Waals surface area contributed by atoms with E-state index in [2.05, 4.69) is 48.2 Å². The number of rotatable bonds is 3. The molecule has 0 aromatic heterocycles. The van der Waals surface area contributed by atoms with Crippen LogP contribution in [0.5, 0.6) is 11.5 Å².